The Morgan fingerprint density at radius 3 is 2.63 bits per heavy atom. The van der Waals surface area contributed by atoms with Crippen LogP contribution in [0.2, 0.25) is 0 Å². The lowest BCUT2D eigenvalue weighted by atomic mass is 10.1. The number of benzene rings is 1. The quantitative estimate of drug-likeness (QED) is 0.643. The zero-order valence-corrected chi connectivity index (χ0v) is 16.4. The molecule has 1 N–H and O–H groups in total. The van der Waals surface area contributed by atoms with Crippen molar-refractivity contribution < 1.29 is 9.59 Å². The standard InChI is InChI=1S/C22H33N3O2/c26-21(23-14-7-16-24-15-6-12-22(24)27)18-25(20-10-4-5-11-20)17-13-19-8-2-1-3-9-19/h1-3,8-9,20H,4-7,10-18H2,(H,23,26). The molecular weight excluding hydrogens is 338 g/mol. The maximum absolute atomic E-state index is 12.4. The van der Waals surface area contributed by atoms with Crippen molar-refractivity contribution in [1.29, 1.82) is 0 Å². The summed E-state index contributed by atoms with van der Waals surface area (Å²) >= 11 is 0. The van der Waals surface area contributed by atoms with Gasteiger partial charge >= 0.3 is 0 Å². The molecule has 0 radical (unpaired) electrons. The summed E-state index contributed by atoms with van der Waals surface area (Å²) in [7, 11) is 0. The van der Waals surface area contributed by atoms with Gasteiger partial charge in [-0.2, -0.15) is 0 Å². The third-order valence-corrected chi connectivity index (χ3v) is 5.82. The number of likely N-dealkylation sites (tertiary alicyclic amines) is 1. The summed E-state index contributed by atoms with van der Waals surface area (Å²) in [6.07, 6.45) is 8.45. The molecule has 0 unspecified atom stereocenters. The van der Waals surface area contributed by atoms with Gasteiger partial charge < -0.3 is 10.2 Å². The average molecular weight is 372 g/mol. The van der Waals surface area contributed by atoms with Gasteiger partial charge in [-0.25, -0.2) is 0 Å². The SMILES string of the molecule is O=C(CN(CCc1ccccc1)C1CCCC1)NCCCN1CCCC1=O. The second-order valence-electron chi connectivity index (χ2n) is 7.83. The van der Waals surface area contributed by atoms with Crippen LogP contribution in [-0.2, 0) is 16.0 Å². The van der Waals surface area contributed by atoms with Gasteiger partial charge in [0.15, 0.2) is 0 Å². The maximum atomic E-state index is 12.4. The molecule has 1 aliphatic heterocycles. The Bertz CT molecular complexity index is 599. The summed E-state index contributed by atoms with van der Waals surface area (Å²) in [6, 6.07) is 11.1. The van der Waals surface area contributed by atoms with Crippen molar-refractivity contribution in [1.82, 2.24) is 15.1 Å². The normalized spacial score (nSPS) is 17.8. The minimum absolute atomic E-state index is 0.114. The van der Waals surface area contributed by atoms with E-state index >= 15 is 0 Å². The second kappa shape index (κ2) is 10.5. The third-order valence-electron chi connectivity index (χ3n) is 5.82. The maximum Gasteiger partial charge on any atom is 0.234 e. The van der Waals surface area contributed by atoms with E-state index in [0.717, 1.165) is 38.9 Å². The summed E-state index contributed by atoms with van der Waals surface area (Å²) in [6.45, 7) is 3.71. The number of rotatable bonds is 10. The number of nitrogens with one attached hydrogen (secondary N) is 1. The Labute approximate surface area is 163 Å². The summed E-state index contributed by atoms with van der Waals surface area (Å²) < 4.78 is 0. The average Bonchev–Trinajstić information content (AvgIpc) is 3.35. The third kappa shape index (κ3) is 6.35. The highest BCUT2D eigenvalue weighted by atomic mass is 16.2. The van der Waals surface area contributed by atoms with E-state index in [1.807, 2.05) is 11.0 Å². The van der Waals surface area contributed by atoms with E-state index in [0.29, 0.717) is 25.6 Å². The van der Waals surface area contributed by atoms with Gasteiger partial charge in [-0.15, -0.1) is 0 Å². The van der Waals surface area contributed by atoms with E-state index in [4.69, 9.17) is 0 Å². The molecule has 5 nitrogen and oxygen atoms in total. The molecule has 1 aromatic carbocycles. The van der Waals surface area contributed by atoms with E-state index in [1.165, 1.54) is 31.2 Å². The van der Waals surface area contributed by atoms with Crippen LogP contribution in [0.3, 0.4) is 0 Å². The van der Waals surface area contributed by atoms with Crippen LogP contribution >= 0.6 is 0 Å². The number of carbonyl (C=O) groups is 2. The zero-order valence-electron chi connectivity index (χ0n) is 16.4. The zero-order chi connectivity index (χ0) is 18.9. The van der Waals surface area contributed by atoms with Crippen LogP contribution in [0.1, 0.15) is 50.5 Å². The molecule has 1 saturated heterocycles. The predicted octanol–water partition coefficient (Wildman–Crippen LogP) is 2.60. The van der Waals surface area contributed by atoms with Crippen LogP contribution in [0.15, 0.2) is 30.3 Å². The molecule has 2 amide bonds. The van der Waals surface area contributed by atoms with E-state index < -0.39 is 0 Å². The van der Waals surface area contributed by atoms with Crippen LogP contribution in [-0.4, -0.2) is 60.4 Å². The van der Waals surface area contributed by atoms with E-state index in [-0.39, 0.29) is 11.8 Å². The van der Waals surface area contributed by atoms with Gasteiger partial charge in [0.1, 0.15) is 0 Å². The molecule has 1 aliphatic carbocycles. The highest BCUT2D eigenvalue weighted by Crippen LogP contribution is 2.23. The summed E-state index contributed by atoms with van der Waals surface area (Å²) in [5.74, 6) is 0.373. The summed E-state index contributed by atoms with van der Waals surface area (Å²) in [5, 5.41) is 3.06. The van der Waals surface area contributed by atoms with E-state index in [2.05, 4.69) is 34.5 Å². The van der Waals surface area contributed by atoms with Gasteiger partial charge in [0, 0.05) is 38.6 Å². The lowest BCUT2D eigenvalue weighted by molar-refractivity contribution is -0.127. The first-order valence-corrected chi connectivity index (χ1v) is 10.5. The molecule has 0 bridgehead atoms. The summed E-state index contributed by atoms with van der Waals surface area (Å²) in [4.78, 5) is 28.4. The van der Waals surface area contributed by atoms with Gasteiger partial charge in [0.05, 0.1) is 6.54 Å². The van der Waals surface area contributed by atoms with Crippen molar-refractivity contribution in [2.75, 3.05) is 32.7 Å². The van der Waals surface area contributed by atoms with Gasteiger partial charge in [0.25, 0.3) is 0 Å². The Kier molecular flexibility index (Phi) is 7.69. The molecule has 1 heterocycles. The van der Waals surface area contributed by atoms with Crippen molar-refractivity contribution in [3.8, 4) is 0 Å². The summed E-state index contributed by atoms with van der Waals surface area (Å²) in [5.41, 5.74) is 1.33. The van der Waals surface area contributed by atoms with Crippen LogP contribution in [0, 0.1) is 0 Å². The number of nitrogens with zero attached hydrogens (tertiary/aromatic N) is 2. The van der Waals surface area contributed by atoms with Gasteiger partial charge in [-0.1, -0.05) is 43.2 Å². The monoisotopic (exact) mass is 371 g/mol. The van der Waals surface area contributed by atoms with Crippen molar-refractivity contribution in [3.05, 3.63) is 35.9 Å². The fraction of sp³-hybridized carbons (Fsp3) is 0.636. The predicted molar refractivity (Wildman–Crippen MR) is 107 cm³/mol. The highest BCUT2D eigenvalue weighted by Gasteiger charge is 2.24. The van der Waals surface area contributed by atoms with Crippen LogP contribution in [0.5, 0.6) is 0 Å². The number of hydrogen-bond acceptors (Lipinski definition) is 3. The molecule has 2 fully saturated rings. The van der Waals surface area contributed by atoms with E-state index in [1.54, 1.807) is 0 Å². The van der Waals surface area contributed by atoms with Crippen molar-refractivity contribution in [2.24, 2.45) is 0 Å². The lowest BCUT2D eigenvalue weighted by Gasteiger charge is -2.28. The first-order chi connectivity index (χ1) is 13.2. The largest absolute Gasteiger partial charge is 0.355 e. The van der Waals surface area contributed by atoms with Crippen LogP contribution < -0.4 is 5.32 Å². The molecular formula is C22H33N3O2. The lowest BCUT2D eigenvalue weighted by Crippen LogP contribution is -2.43. The van der Waals surface area contributed by atoms with Gasteiger partial charge in [-0.05, 0) is 37.7 Å². The molecule has 5 heteroatoms. The first kappa shape index (κ1) is 19.9. The van der Waals surface area contributed by atoms with Gasteiger partial charge in [0.2, 0.25) is 11.8 Å². The van der Waals surface area contributed by atoms with E-state index in [9.17, 15) is 9.59 Å². The van der Waals surface area contributed by atoms with Crippen molar-refractivity contribution in [2.45, 2.75) is 57.4 Å². The van der Waals surface area contributed by atoms with Gasteiger partial charge in [-0.3, -0.25) is 14.5 Å². The number of hydrogen-bond donors (Lipinski definition) is 1. The number of carbonyl (C=O) groups excluding carboxylic acids is 2. The Hall–Kier alpha value is -1.88. The molecule has 27 heavy (non-hydrogen) atoms. The topological polar surface area (TPSA) is 52.7 Å². The Morgan fingerprint density at radius 2 is 1.93 bits per heavy atom. The fourth-order valence-corrected chi connectivity index (χ4v) is 4.26. The smallest absolute Gasteiger partial charge is 0.234 e. The Balaban J connectivity index is 1.40. The number of amides is 2. The molecule has 0 spiro atoms. The highest BCUT2D eigenvalue weighted by molar-refractivity contribution is 5.78. The van der Waals surface area contributed by atoms with Crippen molar-refractivity contribution >= 4 is 11.8 Å². The van der Waals surface area contributed by atoms with Crippen LogP contribution in [0.4, 0.5) is 0 Å². The molecule has 1 saturated carbocycles. The first-order valence-electron chi connectivity index (χ1n) is 10.5. The van der Waals surface area contributed by atoms with Crippen molar-refractivity contribution in [3.63, 3.8) is 0 Å². The minimum Gasteiger partial charge on any atom is -0.355 e. The fourth-order valence-electron chi connectivity index (χ4n) is 4.26. The molecule has 0 aromatic heterocycles. The molecule has 148 valence electrons. The minimum atomic E-state index is 0.114. The molecule has 0 atom stereocenters. The molecule has 1 aromatic rings. The molecule has 3 rings (SSSR count). The second-order valence-corrected chi connectivity index (χ2v) is 7.83. The Morgan fingerprint density at radius 1 is 1.15 bits per heavy atom. The molecule has 2 aliphatic rings. The van der Waals surface area contributed by atoms with Crippen LogP contribution in [0.25, 0.3) is 0 Å².